The van der Waals surface area contributed by atoms with Crippen molar-refractivity contribution in [3.63, 3.8) is 0 Å². The number of halogens is 2. The van der Waals surface area contributed by atoms with Crippen molar-refractivity contribution in [1.29, 1.82) is 5.26 Å². The summed E-state index contributed by atoms with van der Waals surface area (Å²) in [5.74, 6) is 0. The van der Waals surface area contributed by atoms with Crippen LogP contribution in [0, 0.1) is 11.3 Å². The average molecular weight is 205 g/mol. The highest BCUT2D eigenvalue weighted by Crippen LogP contribution is 2.27. The van der Waals surface area contributed by atoms with Gasteiger partial charge in [0.2, 0.25) is 0 Å². The van der Waals surface area contributed by atoms with Crippen molar-refractivity contribution in [2.24, 2.45) is 0 Å². The van der Waals surface area contributed by atoms with Crippen LogP contribution in [0.1, 0.15) is 4.88 Å². The SMILES string of the molecule is N#C/C=C/c1sc(Cl)nc1Cl. The molecular weight excluding hydrogens is 203 g/mol. The Morgan fingerprint density at radius 1 is 1.55 bits per heavy atom. The molecule has 0 unspecified atom stereocenters. The van der Waals surface area contributed by atoms with Gasteiger partial charge in [-0.25, -0.2) is 4.98 Å². The van der Waals surface area contributed by atoms with Gasteiger partial charge in [-0.15, -0.1) is 11.3 Å². The third kappa shape index (κ3) is 2.19. The predicted molar refractivity (Wildman–Crippen MR) is 46.8 cm³/mol. The van der Waals surface area contributed by atoms with E-state index in [-0.39, 0.29) is 0 Å². The molecule has 0 fully saturated rings. The van der Waals surface area contributed by atoms with E-state index in [0.29, 0.717) is 14.5 Å². The molecule has 0 aliphatic heterocycles. The molecule has 11 heavy (non-hydrogen) atoms. The zero-order chi connectivity index (χ0) is 8.27. The van der Waals surface area contributed by atoms with Crippen LogP contribution < -0.4 is 0 Å². The van der Waals surface area contributed by atoms with Crippen LogP contribution in [-0.4, -0.2) is 4.98 Å². The Labute approximate surface area is 77.7 Å². The molecular formula is C6H2Cl2N2S. The van der Waals surface area contributed by atoms with Gasteiger partial charge in [-0.1, -0.05) is 23.2 Å². The Bertz CT molecular complexity index is 324. The van der Waals surface area contributed by atoms with Gasteiger partial charge in [0, 0.05) is 6.08 Å². The molecule has 1 aromatic heterocycles. The summed E-state index contributed by atoms with van der Waals surface area (Å²) in [7, 11) is 0. The molecule has 2 nitrogen and oxygen atoms in total. The number of thiazole rings is 1. The van der Waals surface area contributed by atoms with E-state index in [0.717, 1.165) is 0 Å². The lowest BCUT2D eigenvalue weighted by molar-refractivity contribution is 1.42. The van der Waals surface area contributed by atoms with E-state index in [4.69, 9.17) is 28.5 Å². The fourth-order valence-electron chi connectivity index (χ4n) is 0.504. The van der Waals surface area contributed by atoms with Crippen molar-refractivity contribution in [1.82, 2.24) is 4.98 Å². The number of hydrogen-bond donors (Lipinski definition) is 0. The van der Waals surface area contributed by atoms with Crippen LogP contribution in [0.25, 0.3) is 6.08 Å². The summed E-state index contributed by atoms with van der Waals surface area (Å²) in [5.41, 5.74) is 0. The fourth-order valence-corrected chi connectivity index (χ4v) is 1.78. The highest BCUT2D eigenvalue weighted by molar-refractivity contribution is 7.17. The molecule has 0 aliphatic rings. The van der Waals surface area contributed by atoms with Crippen LogP contribution in [0.5, 0.6) is 0 Å². The Balaban J connectivity index is 2.96. The van der Waals surface area contributed by atoms with Gasteiger partial charge >= 0.3 is 0 Å². The quantitative estimate of drug-likeness (QED) is 0.660. The van der Waals surface area contributed by atoms with E-state index in [9.17, 15) is 0 Å². The molecule has 1 aromatic rings. The van der Waals surface area contributed by atoms with E-state index in [1.807, 2.05) is 6.07 Å². The zero-order valence-corrected chi connectivity index (χ0v) is 7.54. The van der Waals surface area contributed by atoms with E-state index in [1.54, 1.807) is 6.08 Å². The van der Waals surface area contributed by atoms with Gasteiger partial charge in [0.1, 0.15) is 5.15 Å². The van der Waals surface area contributed by atoms with E-state index < -0.39 is 0 Å². The molecule has 56 valence electrons. The maximum absolute atomic E-state index is 8.20. The Hall–Kier alpha value is -0.560. The first-order valence-corrected chi connectivity index (χ1v) is 4.19. The van der Waals surface area contributed by atoms with Crippen molar-refractivity contribution in [3.05, 3.63) is 20.6 Å². The summed E-state index contributed by atoms with van der Waals surface area (Å²) >= 11 is 12.4. The summed E-state index contributed by atoms with van der Waals surface area (Å²) in [6.07, 6.45) is 2.90. The highest BCUT2D eigenvalue weighted by Gasteiger charge is 2.03. The summed E-state index contributed by atoms with van der Waals surface area (Å²) < 4.78 is 0.382. The van der Waals surface area contributed by atoms with Crippen LogP contribution in [-0.2, 0) is 0 Å². The van der Waals surface area contributed by atoms with Crippen molar-refractivity contribution in [3.8, 4) is 6.07 Å². The van der Waals surface area contributed by atoms with Crippen LogP contribution in [0.15, 0.2) is 6.08 Å². The lowest BCUT2D eigenvalue weighted by Crippen LogP contribution is -1.63. The zero-order valence-electron chi connectivity index (χ0n) is 5.21. The van der Waals surface area contributed by atoms with Gasteiger partial charge in [-0.3, -0.25) is 0 Å². The Kier molecular flexibility index (Phi) is 2.89. The van der Waals surface area contributed by atoms with Gasteiger partial charge in [-0.2, -0.15) is 5.26 Å². The maximum atomic E-state index is 8.20. The first kappa shape index (κ1) is 8.54. The second-order valence-electron chi connectivity index (χ2n) is 1.58. The Morgan fingerprint density at radius 2 is 2.27 bits per heavy atom. The molecule has 1 heterocycles. The van der Waals surface area contributed by atoms with Crippen LogP contribution in [0.2, 0.25) is 9.62 Å². The summed E-state index contributed by atoms with van der Waals surface area (Å²) in [6.45, 7) is 0. The first-order chi connectivity index (χ1) is 5.24. The molecule has 0 spiro atoms. The number of aromatic nitrogens is 1. The largest absolute Gasteiger partial charge is 0.212 e. The second-order valence-corrected chi connectivity index (χ2v) is 3.56. The number of allylic oxidation sites excluding steroid dienone is 1. The third-order valence-electron chi connectivity index (χ3n) is 0.893. The maximum Gasteiger partial charge on any atom is 0.185 e. The smallest absolute Gasteiger partial charge is 0.185 e. The van der Waals surface area contributed by atoms with Gasteiger partial charge in [0.15, 0.2) is 4.47 Å². The molecule has 1 rings (SSSR count). The predicted octanol–water partition coefficient (Wildman–Crippen LogP) is 2.99. The van der Waals surface area contributed by atoms with Gasteiger partial charge in [0.05, 0.1) is 10.9 Å². The molecule has 0 bridgehead atoms. The Morgan fingerprint density at radius 3 is 2.73 bits per heavy atom. The standard InChI is InChI=1S/C6H2Cl2N2S/c7-5-4(2-1-3-9)11-6(8)10-5/h1-2H/b2-1+. The average Bonchev–Trinajstić information content (AvgIpc) is 2.26. The topological polar surface area (TPSA) is 36.7 Å². The van der Waals surface area contributed by atoms with Gasteiger partial charge in [-0.05, 0) is 6.08 Å². The number of rotatable bonds is 1. The summed E-state index contributed by atoms with van der Waals surface area (Å²) in [4.78, 5) is 4.46. The molecule has 0 radical (unpaired) electrons. The van der Waals surface area contributed by atoms with E-state index in [2.05, 4.69) is 4.98 Å². The minimum Gasteiger partial charge on any atom is -0.212 e. The molecule has 0 N–H and O–H groups in total. The monoisotopic (exact) mass is 204 g/mol. The summed E-state index contributed by atoms with van der Waals surface area (Å²) in [5, 5.41) is 8.54. The van der Waals surface area contributed by atoms with Crippen LogP contribution >= 0.6 is 34.5 Å². The minimum atomic E-state index is 0.339. The van der Waals surface area contributed by atoms with E-state index in [1.165, 1.54) is 17.4 Å². The molecule has 0 aromatic carbocycles. The molecule has 0 saturated carbocycles. The van der Waals surface area contributed by atoms with Crippen molar-refractivity contribution < 1.29 is 0 Å². The van der Waals surface area contributed by atoms with Gasteiger partial charge < -0.3 is 0 Å². The lowest BCUT2D eigenvalue weighted by Gasteiger charge is -1.79. The fraction of sp³-hybridized carbons (Fsp3) is 0. The summed E-state index contributed by atoms with van der Waals surface area (Å²) in [6, 6.07) is 1.85. The second kappa shape index (κ2) is 3.72. The number of hydrogen-bond acceptors (Lipinski definition) is 3. The van der Waals surface area contributed by atoms with Gasteiger partial charge in [0.25, 0.3) is 0 Å². The van der Waals surface area contributed by atoms with Crippen molar-refractivity contribution in [2.45, 2.75) is 0 Å². The van der Waals surface area contributed by atoms with E-state index >= 15 is 0 Å². The molecule has 0 atom stereocenters. The molecule has 0 amide bonds. The molecule has 0 aliphatic carbocycles. The van der Waals surface area contributed by atoms with Crippen LogP contribution in [0.3, 0.4) is 0 Å². The molecule has 0 saturated heterocycles. The van der Waals surface area contributed by atoms with Crippen molar-refractivity contribution in [2.75, 3.05) is 0 Å². The number of nitrogens with zero attached hydrogens (tertiary/aromatic N) is 2. The highest BCUT2D eigenvalue weighted by atomic mass is 35.5. The third-order valence-corrected chi connectivity index (χ3v) is 2.42. The lowest BCUT2D eigenvalue weighted by atomic mass is 10.5. The normalized spacial score (nSPS) is 10.3. The number of nitriles is 1. The van der Waals surface area contributed by atoms with Crippen LogP contribution in [0.4, 0.5) is 0 Å². The minimum absolute atomic E-state index is 0.339. The first-order valence-electron chi connectivity index (χ1n) is 2.62. The molecule has 5 heteroatoms. The van der Waals surface area contributed by atoms with Crippen molar-refractivity contribution >= 4 is 40.6 Å².